The maximum atomic E-state index is 12.7. The summed E-state index contributed by atoms with van der Waals surface area (Å²) >= 11 is 0. The molecule has 0 radical (unpaired) electrons. The van der Waals surface area contributed by atoms with E-state index in [9.17, 15) is 9.59 Å². The van der Waals surface area contributed by atoms with Crippen molar-refractivity contribution in [2.45, 2.75) is 18.9 Å². The number of carbonyl (C=O) groups is 2. The lowest BCUT2D eigenvalue weighted by Crippen LogP contribution is -2.39. The molecule has 0 saturated carbocycles. The minimum atomic E-state index is -0.316. The molecule has 0 spiro atoms. The van der Waals surface area contributed by atoms with Crippen molar-refractivity contribution in [1.82, 2.24) is 10.2 Å². The zero-order valence-corrected chi connectivity index (χ0v) is 15.6. The number of likely N-dealkylation sites (tertiary alicyclic amines) is 1. The summed E-state index contributed by atoms with van der Waals surface area (Å²) in [6.07, 6.45) is 1.83. The van der Waals surface area contributed by atoms with E-state index in [1.807, 2.05) is 29.2 Å². The molecule has 2 aliphatic heterocycles. The smallest absolute Gasteiger partial charge is 0.251 e. The van der Waals surface area contributed by atoms with Gasteiger partial charge in [0.1, 0.15) is 5.75 Å². The van der Waals surface area contributed by atoms with Crippen LogP contribution in [0.2, 0.25) is 0 Å². The average molecular weight is 382 g/mol. The monoisotopic (exact) mass is 382 g/mol. The Morgan fingerprint density at radius 1 is 1.18 bits per heavy atom. The molecule has 1 fully saturated rings. The van der Waals surface area contributed by atoms with Gasteiger partial charge in [-0.25, -0.2) is 0 Å². The molecule has 0 aliphatic carbocycles. The Hall–Kier alpha value is -3.22. The lowest BCUT2D eigenvalue weighted by Gasteiger charge is -2.25. The van der Waals surface area contributed by atoms with E-state index in [2.05, 4.69) is 5.32 Å². The Kier molecular flexibility index (Phi) is 5.06. The number of fused-ring (bicyclic) bond motifs is 1. The third-order valence-electron chi connectivity index (χ3n) is 5.09. The molecule has 7 nitrogen and oxygen atoms in total. The summed E-state index contributed by atoms with van der Waals surface area (Å²) in [5, 5.41) is 2.71. The molecule has 1 unspecified atom stereocenters. The fourth-order valence-corrected chi connectivity index (χ4v) is 3.66. The van der Waals surface area contributed by atoms with Crippen molar-refractivity contribution in [1.29, 1.82) is 0 Å². The van der Waals surface area contributed by atoms with E-state index in [1.165, 1.54) is 0 Å². The van der Waals surface area contributed by atoms with Crippen LogP contribution in [0.4, 0.5) is 0 Å². The topological polar surface area (TPSA) is 77.1 Å². The Labute approximate surface area is 163 Å². The first-order chi connectivity index (χ1) is 13.7. The van der Waals surface area contributed by atoms with Crippen molar-refractivity contribution < 1.29 is 23.8 Å². The van der Waals surface area contributed by atoms with Crippen molar-refractivity contribution in [3.05, 3.63) is 53.6 Å². The fraction of sp³-hybridized carbons (Fsp3) is 0.333. The standard InChI is InChI=1S/C21H22N2O5/c1-26-16-5-2-4-14(10-16)17-6-3-9-23(17)20(24)12-22-21(25)15-7-8-18-19(11-15)28-13-27-18/h2,4-5,7-8,10-11,17H,3,6,9,12-13H2,1H3,(H,22,25). The minimum absolute atomic E-state index is 0.00467. The van der Waals surface area contributed by atoms with E-state index in [0.29, 0.717) is 23.6 Å². The quantitative estimate of drug-likeness (QED) is 0.860. The van der Waals surface area contributed by atoms with Crippen LogP contribution in [-0.2, 0) is 4.79 Å². The summed E-state index contributed by atoms with van der Waals surface area (Å²) in [6.45, 7) is 0.786. The first-order valence-electron chi connectivity index (χ1n) is 9.27. The van der Waals surface area contributed by atoms with Gasteiger partial charge in [0.05, 0.1) is 19.7 Å². The SMILES string of the molecule is COc1cccc(C2CCCN2C(=O)CNC(=O)c2ccc3c(c2)OCO3)c1. The number of rotatable bonds is 5. The molecule has 4 rings (SSSR count). The van der Waals surface area contributed by atoms with Gasteiger partial charge in [0, 0.05) is 12.1 Å². The molecular formula is C21H22N2O5. The number of methoxy groups -OCH3 is 1. The first kappa shape index (κ1) is 18.2. The van der Waals surface area contributed by atoms with Crippen molar-refractivity contribution in [2.75, 3.05) is 27.0 Å². The van der Waals surface area contributed by atoms with E-state index in [0.717, 1.165) is 24.2 Å². The van der Waals surface area contributed by atoms with E-state index in [-0.39, 0.29) is 31.2 Å². The molecular weight excluding hydrogens is 360 g/mol. The molecule has 7 heteroatoms. The number of benzene rings is 2. The van der Waals surface area contributed by atoms with Gasteiger partial charge in [0.15, 0.2) is 11.5 Å². The summed E-state index contributed by atoms with van der Waals surface area (Å²) in [5.41, 5.74) is 1.48. The van der Waals surface area contributed by atoms with Crippen LogP contribution in [0.25, 0.3) is 0 Å². The Bertz CT molecular complexity index is 898. The first-order valence-corrected chi connectivity index (χ1v) is 9.27. The van der Waals surface area contributed by atoms with Crippen LogP contribution < -0.4 is 19.5 Å². The van der Waals surface area contributed by atoms with Crippen LogP contribution in [0.3, 0.4) is 0 Å². The zero-order valence-electron chi connectivity index (χ0n) is 15.6. The van der Waals surface area contributed by atoms with Gasteiger partial charge in [-0.05, 0) is 48.7 Å². The molecule has 28 heavy (non-hydrogen) atoms. The van der Waals surface area contributed by atoms with Gasteiger partial charge in [-0.15, -0.1) is 0 Å². The second kappa shape index (κ2) is 7.80. The second-order valence-corrected chi connectivity index (χ2v) is 6.77. The Balaban J connectivity index is 1.39. The van der Waals surface area contributed by atoms with Crippen molar-refractivity contribution in [2.24, 2.45) is 0 Å². The van der Waals surface area contributed by atoms with Crippen molar-refractivity contribution in [3.63, 3.8) is 0 Å². The van der Waals surface area contributed by atoms with Gasteiger partial charge >= 0.3 is 0 Å². The van der Waals surface area contributed by atoms with Gasteiger partial charge in [-0.3, -0.25) is 9.59 Å². The number of amides is 2. The van der Waals surface area contributed by atoms with Crippen molar-refractivity contribution >= 4 is 11.8 Å². The highest BCUT2D eigenvalue weighted by molar-refractivity contribution is 5.97. The number of nitrogens with zero attached hydrogens (tertiary/aromatic N) is 1. The third kappa shape index (κ3) is 3.60. The van der Waals surface area contributed by atoms with Crippen LogP contribution in [0.1, 0.15) is 34.8 Å². The van der Waals surface area contributed by atoms with Crippen LogP contribution in [0.5, 0.6) is 17.2 Å². The molecule has 2 heterocycles. The van der Waals surface area contributed by atoms with Crippen LogP contribution in [0.15, 0.2) is 42.5 Å². The number of nitrogens with one attached hydrogen (secondary N) is 1. The molecule has 0 bridgehead atoms. The number of carbonyl (C=O) groups excluding carboxylic acids is 2. The molecule has 146 valence electrons. The van der Waals surface area contributed by atoms with Crippen molar-refractivity contribution in [3.8, 4) is 17.2 Å². The molecule has 1 atom stereocenters. The fourth-order valence-electron chi connectivity index (χ4n) is 3.66. The molecule has 2 aliphatic rings. The molecule has 2 amide bonds. The predicted molar refractivity (Wildman–Crippen MR) is 102 cm³/mol. The molecule has 2 aromatic carbocycles. The van der Waals surface area contributed by atoms with Gasteiger partial charge in [0.2, 0.25) is 12.7 Å². The predicted octanol–water partition coefficient (Wildman–Crippen LogP) is 2.52. The lowest BCUT2D eigenvalue weighted by atomic mass is 10.0. The third-order valence-corrected chi connectivity index (χ3v) is 5.09. The Morgan fingerprint density at radius 2 is 2.04 bits per heavy atom. The molecule has 2 aromatic rings. The number of hydrogen-bond donors (Lipinski definition) is 1. The van der Waals surface area contributed by atoms with Gasteiger partial charge in [0.25, 0.3) is 5.91 Å². The lowest BCUT2D eigenvalue weighted by molar-refractivity contribution is -0.131. The molecule has 0 aromatic heterocycles. The highest BCUT2D eigenvalue weighted by Crippen LogP contribution is 2.34. The summed E-state index contributed by atoms with van der Waals surface area (Å²) < 4.78 is 15.8. The summed E-state index contributed by atoms with van der Waals surface area (Å²) in [4.78, 5) is 27.0. The van der Waals surface area contributed by atoms with E-state index in [1.54, 1.807) is 25.3 Å². The summed E-state index contributed by atoms with van der Waals surface area (Å²) in [6, 6.07) is 12.8. The van der Waals surface area contributed by atoms with E-state index >= 15 is 0 Å². The number of hydrogen-bond acceptors (Lipinski definition) is 5. The van der Waals surface area contributed by atoms with E-state index in [4.69, 9.17) is 14.2 Å². The normalized spacial score (nSPS) is 17.5. The highest BCUT2D eigenvalue weighted by atomic mass is 16.7. The number of ether oxygens (including phenoxy) is 3. The molecule has 1 saturated heterocycles. The van der Waals surface area contributed by atoms with Crippen LogP contribution >= 0.6 is 0 Å². The average Bonchev–Trinajstić information content (AvgIpc) is 3.40. The maximum Gasteiger partial charge on any atom is 0.251 e. The van der Waals surface area contributed by atoms with Crippen LogP contribution in [0, 0.1) is 0 Å². The van der Waals surface area contributed by atoms with E-state index < -0.39 is 0 Å². The van der Waals surface area contributed by atoms with Crippen LogP contribution in [-0.4, -0.2) is 43.7 Å². The molecule has 1 N–H and O–H groups in total. The maximum absolute atomic E-state index is 12.7. The summed E-state index contributed by atoms with van der Waals surface area (Å²) in [5.74, 6) is 1.51. The van der Waals surface area contributed by atoms with Gasteiger partial charge in [-0.1, -0.05) is 12.1 Å². The Morgan fingerprint density at radius 3 is 2.89 bits per heavy atom. The minimum Gasteiger partial charge on any atom is -0.497 e. The summed E-state index contributed by atoms with van der Waals surface area (Å²) in [7, 11) is 1.63. The second-order valence-electron chi connectivity index (χ2n) is 6.77. The van der Waals surface area contributed by atoms with Gasteiger partial charge in [-0.2, -0.15) is 0 Å². The zero-order chi connectivity index (χ0) is 19.5. The van der Waals surface area contributed by atoms with Gasteiger partial charge < -0.3 is 24.4 Å². The largest absolute Gasteiger partial charge is 0.497 e. The highest BCUT2D eigenvalue weighted by Gasteiger charge is 2.30.